The second-order valence-electron chi connectivity index (χ2n) is 4.10. The number of alkyl halides is 3. The molecule has 0 radical (unpaired) electrons. The normalized spacial score (nSPS) is 11.2. The highest BCUT2D eigenvalue weighted by molar-refractivity contribution is 8.14. The first-order chi connectivity index (χ1) is 9.88. The third kappa shape index (κ3) is 3.95. The van der Waals surface area contributed by atoms with Gasteiger partial charge in [0.05, 0.1) is 10.5 Å². The Kier molecular flexibility index (Phi) is 4.47. The molecule has 0 unspecified atom stereocenters. The standard InChI is InChI=1S/C15H9F3O2S/c16-15(17,18)11-8-6-10(7-9-11)14(20)21-13-5-3-1-2-4-12(13)19/h1-9H. The Labute approximate surface area is 122 Å². The van der Waals surface area contributed by atoms with Gasteiger partial charge in [-0.2, -0.15) is 13.2 Å². The summed E-state index contributed by atoms with van der Waals surface area (Å²) in [5, 5.41) is -0.480. The van der Waals surface area contributed by atoms with Gasteiger partial charge in [-0.1, -0.05) is 18.2 Å². The predicted octanol–water partition coefficient (Wildman–Crippen LogP) is 4.00. The smallest absolute Gasteiger partial charge is 0.289 e. The minimum Gasteiger partial charge on any atom is -0.289 e. The van der Waals surface area contributed by atoms with Gasteiger partial charge in [0.2, 0.25) is 5.12 Å². The van der Waals surface area contributed by atoms with E-state index in [0.717, 1.165) is 24.3 Å². The van der Waals surface area contributed by atoms with Crippen molar-refractivity contribution in [2.45, 2.75) is 11.1 Å². The summed E-state index contributed by atoms with van der Waals surface area (Å²) in [5.41, 5.74) is -1.02. The van der Waals surface area contributed by atoms with E-state index in [1.807, 2.05) is 0 Å². The molecule has 0 aliphatic heterocycles. The molecule has 108 valence electrons. The highest BCUT2D eigenvalue weighted by atomic mass is 32.2. The van der Waals surface area contributed by atoms with E-state index in [-0.39, 0.29) is 15.9 Å². The van der Waals surface area contributed by atoms with Gasteiger partial charge in [-0.3, -0.25) is 9.59 Å². The Balaban J connectivity index is 2.22. The van der Waals surface area contributed by atoms with E-state index in [1.54, 1.807) is 18.2 Å². The molecule has 0 atom stereocenters. The van der Waals surface area contributed by atoms with Crippen molar-refractivity contribution in [3.05, 3.63) is 75.9 Å². The highest BCUT2D eigenvalue weighted by Gasteiger charge is 2.30. The molecule has 2 aromatic carbocycles. The first-order valence-electron chi connectivity index (χ1n) is 5.87. The summed E-state index contributed by atoms with van der Waals surface area (Å²) in [7, 11) is 0. The number of benzene rings is 1. The molecule has 0 aliphatic carbocycles. The predicted molar refractivity (Wildman–Crippen MR) is 74.3 cm³/mol. The average molecular weight is 310 g/mol. The van der Waals surface area contributed by atoms with Gasteiger partial charge in [-0.25, -0.2) is 0 Å². The molecule has 0 N–H and O–H groups in total. The van der Waals surface area contributed by atoms with E-state index in [9.17, 15) is 22.8 Å². The van der Waals surface area contributed by atoms with Gasteiger partial charge >= 0.3 is 6.18 Å². The third-order valence-corrected chi connectivity index (χ3v) is 3.59. The molecule has 0 aliphatic rings. The Morgan fingerprint density at radius 1 is 0.905 bits per heavy atom. The van der Waals surface area contributed by atoms with Crippen LogP contribution in [0, 0.1) is 0 Å². The molecular formula is C15H9F3O2S. The molecule has 21 heavy (non-hydrogen) atoms. The van der Waals surface area contributed by atoms with Crippen LogP contribution < -0.4 is 5.43 Å². The molecule has 0 heterocycles. The highest BCUT2D eigenvalue weighted by Crippen LogP contribution is 2.30. The van der Waals surface area contributed by atoms with E-state index < -0.39 is 16.9 Å². The van der Waals surface area contributed by atoms with Gasteiger partial charge in [0.25, 0.3) is 0 Å². The van der Waals surface area contributed by atoms with Crippen molar-refractivity contribution in [2.75, 3.05) is 0 Å². The van der Waals surface area contributed by atoms with E-state index in [2.05, 4.69) is 0 Å². The Morgan fingerprint density at radius 2 is 1.52 bits per heavy atom. The second-order valence-corrected chi connectivity index (χ2v) is 5.12. The van der Waals surface area contributed by atoms with E-state index in [1.165, 1.54) is 12.1 Å². The quantitative estimate of drug-likeness (QED) is 0.786. The Bertz CT molecular complexity index is 709. The van der Waals surface area contributed by atoms with Crippen molar-refractivity contribution in [1.82, 2.24) is 0 Å². The van der Waals surface area contributed by atoms with Crippen LogP contribution >= 0.6 is 11.8 Å². The number of hydrogen-bond acceptors (Lipinski definition) is 3. The molecule has 0 saturated carbocycles. The summed E-state index contributed by atoms with van der Waals surface area (Å²) >= 11 is 0.697. The van der Waals surface area contributed by atoms with Crippen LogP contribution in [0.5, 0.6) is 0 Å². The number of carbonyl (C=O) groups excluding carboxylic acids is 1. The molecule has 0 aromatic heterocycles. The van der Waals surface area contributed by atoms with Gasteiger partial charge in [0.1, 0.15) is 0 Å². The van der Waals surface area contributed by atoms with Crippen molar-refractivity contribution < 1.29 is 18.0 Å². The topological polar surface area (TPSA) is 34.1 Å². The van der Waals surface area contributed by atoms with Crippen molar-refractivity contribution in [2.24, 2.45) is 0 Å². The number of hydrogen-bond donors (Lipinski definition) is 0. The molecule has 2 rings (SSSR count). The minimum absolute atomic E-state index is 0.110. The lowest BCUT2D eigenvalue weighted by molar-refractivity contribution is -0.137. The molecular weight excluding hydrogens is 301 g/mol. The zero-order valence-electron chi connectivity index (χ0n) is 10.6. The number of thioether (sulfide) groups is 1. The van der Waals surface area contributed by atoms with E-state index in [0.29, 0.717) is 11.8 Å². The van der Waals surface area contributed by atoms with Gasteiger partial charge in [-0.15, -0.1) is 0 Å². The number of halogens is 3. The summed E-state index contributed by atoms with van der Waals surface area (Å²) in [6.07, 6.45) is -4.44. The lowest BCUT2D eigenvalue weighted by Crippen LogP contribution is -2.06. The first kappa shape index (κ1) is 15.3. The van der Waals surface area contributed by atoms with Crippen LogP contribution in [0.2, 0.25) is 0 Å². The summed E-state index contributed by atoms with van der Waals surface area (Å²) in [5.74, 6) is 0. The summed E-state index contributed by atoms with van der Waals surface area (Å²) in [4.78, 5) is 23.8. The maximum Gasteiger partial charge on any atom is 0.416 e. The van der Waals surface area contributed by atoms with Crippen LogP contribution in [0.3, 0.4) is 0 Å². The molecule has 0 spiro atoms. The van der Waals surface area contributed by atoms with Gasteiger partial charge in [-0.05, 0) is 48.2 Å². The minimum atomic E-state index is -4.44. The zero-order chi connectivity index (χ0) is 15.5. The third-order valence-electron chi connectivity index (χ3n) is 2.61. The first-order valence-corrected chi connectivity index (χ1v) is 6.68. The molecule has 2 aromatic rings. The fraction of sp³-hybridized carbons (Fsp3) is 0.0667. The Morgan fingerprint density at radius 3 is 2.14 bits per heavy atom. The van der Waals surface area contributed by atoms with Crippen molar-refractivity contribution in [3.8, 4) is 0 Å². The lowest BCUT2D eigenvalue weighted by Gasteiger charge is -2.06. The van der Waals surface area contributed by atoms with Crippen molar-refractivity contribution in [1.29, 1.82) is 0 Å². The van der Waals surface area contributed by atoms with Crippen molar-refractivity contribution >= 4 is 16.9 Å². The fourth-order valence-electron chi connectivity index (χ4n) is 1.55. The largest absolute Gasteiger partial charge is 0.416 e. The number of rotatable bonds is 2. The van der Waals surface area contributed by atoms with Gasteiger partial charge < -0.3 is 0 Å². The number of carbonyl (C=O) groups is 1. The molecule has 6 heteroatoms. The summed E-state index contributed by atoms with van der Waals surface area (Å²) in [6, 6.07) is 11.5. The van der Waals surface area contributed by atoms with Crippen LogP contribution in [0.15, 0.2) is 64.3 Å². The van der Waals surface area contributed by atoms with Gasteiger partial charge in [0, 0.05) is 5.56 Å². The molecule has 0 amide bonds. The fourth-order valence-corrected chi connectivity index (χ4v) is 2.32. The van der Waals surface area contributed by atoms with E-state index >= 15 is 0 Å². The van der Waals surface area contributed by atoms with Crippen LogP contribution in [0.25, 0.3) is 0 Å². The Hall–Kier alpha value is -2.08. The average Bonchev–Trinajstić information content (AvgIpc) is 2.63. The van der Waals surface area contributed by atoms with Crippen LogP contribution in [0.1, 0.15) is 15.9 Å². The molecule has 0 fully saturated rings. The van der Waals surface area contributed by atoms with Crippen LogP contribution in [-0.4, -0.2) is 5.12 Å². The summed E-state index contributed by atoms with van der Waals surface area (Å²) in [6.45, 7) is 0. The molecule has 0 bridgehead atoms. The monoisotopic (exact) mass is 310 g/mol. The van der Waals surface area contributed by atoms with E-state index in [4.69, 9.17) is 0 Å². The maximum absolute atomic E-state index is 12.4. The maximum atomic E-state index is 12.4. The second kappa shape index (κ2) is 6.13. The van der Waals surface area contributed by atoms with Crippen LogP contribution in [-0.2, 0) is 6.18 Å². The zero-order valence-corrected chi connectivity index (χ0v) is 11.4. The molecule has 0 saturated heterocycles. The SMILES string of the molecule is O=C(Sc1cccccc1=O)c1ccc(C(F)(F)F)cc1. The summed E-state index contributed by atoms with van der Waals surface area (Å²) < 4.78 is 37.3. The van der Waals surface area contributed by atoms with Crippen LogP contribution in [0.4, 0.5) is 13.2 Å². The lowest BCUT2D eigenvalue weighted by atomic mass is 10.1. The van der Waals surface area contributed by atoms with Crippen molar-refractivity contribution in [3.63, 3.8) is 0 Å². The molecule has 2 nitrogen and oxygen atoms in total. The van der Waals surface area contributed by atoms with Gasteiger partial charge in [0.15, 0.2) is 5.43 Å².